The summed E-state index contributed by atoms with van der Waals surface area (Å²) in [6, 6.07) is -0.615. The van der Waals surface area contributed by atoms with E-state index in [2.05, 4.69) is 10.0 Å². The minimum absolute atomic E-state index is 0.290. The van der Waals surface area contributed by atoms with Gasteiger partial charge in [0, 0.05) is 18.4 Å². The van der Waals surface area contributed by atoms with E-state index in [9.17, 15) is 5.11 Å². The van der Waals surface area contributed by atoms with Gasteiger partial charge in [0.1, 0.15) is 6.10 Å². The molecule has 1 rings (SSSR count). The average molecular weight is 203 g/mol. The van der Waals surface area contributed by atoms with E-state index in [1.54, 1.807) is 0 Å². The van der Waals surface area contributed by atoms with Crippen LogP contribution in [0.1, 0.15) is 6.42 Å². The number of aliphatic hydroxyl groups excluding tert-OH is 2. The van der Waals surface area contributed by atoms with Crippen molar-refractivity contribution >= 4 is 0 Å². The Balaban J connectivity index is 2.69. The number of rotatable bonds is 3. The highest BCUT2D eigenvalue weighted by atomic mass is 16.7. The second-order valence-corrected chi connectivity index (χ2v) is 3.02. The van der Waals surface area contributed by atoms with Gasteiger partial charge in [-0.2, -0.15) is 0 Å². The van der Waals surface area contributed by atoms with Crippen LogP contribution in [0.25, 0.3) is 10.4 Å². The smallest absolute Gasteiger partial charge is 0.158 e. The van der Waals surface area contributed by atoms with E-state index in [-0.39, 0.29) is 13.0 Å². The van der Waals surface area contributed by atoms with Crippen LogP contribution in [0.15, 0.2) is 5.11 Å². The summed E-state index contributed by atoms with van der Waals surface area (Å²) in [5, 5.41) is 21.9. The standard InChI is InChI=1S/C7H13N3O4/c1-13-6-2-4(9-10-8)7(12)5(3-11)14-6/h4-7,11-12H,2-3H2,1H3/t4-,5-,6+,7-/m0/s1. The van der Waals surface area contributed by atoms with Crippen molar-refractivity contribution in [2.45, 2.75) is 31.0 Å². The Morgan fingerprint density at radius 2 is 2.43 bits per heavy atom. The Morgan fingerprint density at radius 3 is 2.93 bits per heavy atom. The van der Waals surface area contributed by atoms with Gasteiger partial charge in [-0.05, 0) is 5.53 Å². The van der Waals surface area contributed by atoms with E-state index in [0.29, 0.717) is 0 Å². The van der Waals surface area contributed by atoms with E-state index < -0.39 is 24.5 Å². The lowest BCUT2D eigenvalue weighted by molar-refractivity contribution is -0.224. The summed E-state index contributed by atoms with van der Waals surface area (Å²) in [6.07, 6.45) is -2.00. The van der Waals surface area contributed by atoms with Gasteiger partial charge in [-0.1, -0.05) is 5.11 Å². The first-order valence-corrected chi connectivity index (χ1v) is 4.24. The molecule has 0 spiro atoms. The molecule has 0 aromatic carbocycles. The summed E-state index contributed by atoms with van der Waals surface area (Å²) in [4.78, 5) is 2.62. The van der Waals surface area contributed by atoms with Gasteiger partial charge in [0.05, 0.1) is 18.8 Å². The van der Waals surface area contributed by atoms with Crippen LogP contribution in [-0.4, -0.2) is 48.5 Å². The lowest BCUT2D eigenvalue weighted by Gasteiger charge is -2.35. The topological polar surface area (TPSA) is 108 Å². The summed E-state index contributed by atoms with van der Waals surface area (Å²) in [6.45, 7) is -0.335. The van der Waals surface area contributed by atoms with E-state index in [1.165, 1.54) is 7.11 Å². The van der Waals surface area contributed by atoms with E-state index in [4.69, 9.17) is 20.1 Å². The normalized spacial score (nSPS) is 37.6. The average Bonchev–Trinajstić information content (AvgIpc) is 2.21. The first-order valence-electron chi connectivity index (χ1n) is 4.24. The van der Waals surface area contributed by atoms with Crippen molar-refractivity contribution in [1.82, 2.24) is 0 Å². The molecule has 0 aromatic rings. The summed E-state index contributed by atoms with van der Waals surface area (Å²) < 4.78 is 10.1. The fourth-order valence-electron chi connectivity index (χ4n) is 1.40. The van der Waals surface area contributed by atoms with Crippen LogP contribution in [0.5, 0.6) is 0 Å². The van der Waals surface area contributed by atoms with Gasteiger partial charge in [0.25, 0.3) is 0 Å². The molecule has 1 fully saturated rings. The van der Waals surface area contributed by atoms with Crippen molar-refractivity contribution in [2.24, 2.45) is 5.11 Å². The van der Waals surface area contributed by atoms with E-state index in [1.807, 2.05) is 0 Å². The molecule has 80 valence electrons. The first-order chi connectivity index (χ1) is 6.72. The maximum absolute atomic E-state index is 9.57. The fraction of sp³-hybridized carbons (Fsp3) is 1.00. The van der Waals surface area contributed by atoms with Crippen molar-refractivity contribution in [1.29, 1.82) is 0 Å². The fourth-order valence-corrected chi connectivity index (χ4v) is 1.40. The van der Waals surface area contributed by atoms with Gasteiger partial charge < -0.3 is 19.7 Å². The third-order valence-corrected chi connectivity index (χ3v) is 2.18. The highest BCUT2D eigenvalue weighted by Gasteiger charge is 2.36. The summed E-state index contributed by atoms with van der Waals surface area (Å²) >= 11 is 0. The Labute approximate surface area is 80.9 Å². The summed E-state index contributed by atoms with van der Waals surface area (Å²) in [5.41, 5.74) is 8.26. The van der Waals surface area contributed by atoms with Gasteiger partial charge in [0.2, 0.25) is 0 Å². The van der Waals surface area contributed by atoms with Crippen molar-refractivity contribution < 1.29 is 19.7 Å². The minimum Gasteiger partial charge on any atom is -0.394 e. The number of ether oxygens (including phenoxy) is 2. The van der Waals surface area contributed by atoms with Crippen molar-refractivity contribution in [3.05, 3.63) is 10.4 Å². The maximum atomic E-state index is 9.57. The second-order valence-electron chi connectivity index (χ2n) is 3.02. The Hall–Kier alpha value is -0.850. The molecular weight excluding hydrogens is 190 g/mol. The molecule has 0 saturated carbocycles. The summed E-state index contributed by atoms with van der Waals surface area (Å²) in [5.74, 6) is 0. The molecule has 4 atom stereocenters. The molecule has 0 amide bonds. The highest BCUT2D eigenvalue weighted by Crippen LogP contribution is 2.23. The molecular formula is C7H13N3O4. The number of hydrogen-bond acceptors (Lipinski definition) is 5. The molecule has 1 aliphatic heterocycles. The molecule has 0 bridgehead atoms. The van der Waals surface area contributed by atoms with Gasteiger partial charge in [-0.3, -0.25) is 0 Å². The van der Waals surface area contributed by atoms with Gasteiger partial charge in [-0.15, -0.1) is 0 Å². The van der Waals surface area contributed by atoms with Crippen LogP contribution < -0.4 is 0 Å². The van der Waals surface area contributed by atoms with Crippen molar-refractivity contribution in [2.75, 3.05) is 13.7 Å². The van der Waals surface area contributed by atoms with Crippen molar-refractivity contribution in [3.8, 4) is 0 Å². The van der Waals surface area contributed by atoms with Crippen LogP contribution in [0.3, 0.4) is 0 Å². The van der Waals surface area contributed by atoms with Crippen LogP contribution in [0.2, 0.25) is 0 Å². The molecule has 0 aromatic heterocycles. The lowest BCUT2D eigenvalue weighted by Crippen LogP contribution is -2.49. The first kappa shape index (κ1) is 11.2. The quantitative estimate of drug-likeness (QED) is 0.375. The number of nitrogens with zero attached hydrogens (tertiary/aromatic N) is 3. The zero-order chi connectivity index (χ0) is 10.6. The molecule has 0 unspecified atom stereocenters. The number of aliphatic hydroxyl groups is 2. The Kier molecular flexibility index (Phi) is 4.12. The molecule has 2 N–H and O–H groups in total. The molecule has 0 radical (unpaired) electrons. The van der Waals surface area contributed by atoms with Crippen LogP contribution in [0, 0.1) is 0 Å². The molecule has 7 nitrogen and oxygen atoms in total. The Morgan fingerprint density at radius 1 is 1.71 bits per heavy atom. The van der Waals surface area contributed by atoms with Crippen LogP contribution >= 0.6 is 0 Å². The number of methoxy groups -OCH3 is 1. The molecule has 7 heteroatoms. The lowest BCUT2D eigenvalue weighted by atomic mass is 10.00. The van der Waals surface area contributed by atoms with Gasteiger partial charge in [-0.25, -0.2) is 0 Å². The third kappa shape index (κ3) is 2.34. The molecule has 0 aliphatic carbocycles. The maximum Gasteiger partial charge on any atom is 0.158 e. The summed E-state index contributed by atoms with van der Waals surface area (Å²) in [7, 11) is 1.45. The largest absolute Gasteiger partial charge is 0.394 e. The van der Waals surface area contributed by atoms with Gasteiger partial charge >= 0.3 is 0 Å². The van der Waals surface area contributed by atoms with E-state index >= 15 is 0 Å². The SMILES string of the molecule is CO[C@H]1C[C@H](N=[N+]=[N-])[C@H](O)[C@H](CO)O1. The molecule has 1 saturated heterocycles. The zero-order valence-electron chi connectivity index (χ0n) is 7.78. The van der Waals surface area contributed by atoms with Crippen molar-refractivity contribution in [3.63, 3.8) is 0 Å². The predicted octanol–water partition coefficient (Wildman–Crippen LogP) is -0.220. The second kappa shape index (κ2) is 5.14. The van der Waals surface area contributed by atoms with Crippen LogP contribution in [0.4, 0.5) is 0 Å². The molecule has 14 heavy (non-hydrogen) atoms. The zero-order valence-corrected chi connectivity index (χ0v) is 7.78. The van der Waals surface area contributed by atoms with E-state index in [0.717, 1.165) is 0 Å². The number of azide groups is 1. The monoisotopic (exact) mass is 203 g/mol. The molecule has 1 aliphatic rings. The highest BCUT2D eigenvalue weighted by molar-refractivity contribution is 4.87. The number of hydrogen-bond donors (Lipinski definition) is 2. The van der Waals surface area contributed by atoms with Gasteiger partial charge in [0.15, 0.2) is 6.29 Å². The Bertz CT molecular complexity index is 231. The minimum atomic E-state index is -0.984. The molecule has 1 heterocycles. The van der Waals surface area contributed by atoms with Crippen LogP contribution in [-0.2, 0) is 9.47 Å². The predicted molar refractivity (Wildman–Crippen MR) is 46.3 cm³/mol. The third-order valence-electron chi connectivity index (χ3n) is 2.18.